The molecule has 204 valence electrons. The molecule has 5 heteroatoms. The number of benzene rings is 3. The van der Waals surface area contributed by atoms with Crippen molar-refractivity contribution in [3.63, 3.8) is 0 Å². The number of phenolic OH excluding ortho intramolecular Hbond substituents is 1. The van der Waals surface area contributed by atoms with E-state index in [4.69, 9.17) is 9.72 Å². The molecule has 0 spiro atoms. The van der Waals surface area contributed by atoms with Crippen LogP contribution in [0.15, 0.2) is 91.1 Å². The van der Waals surface area contributed by atoms with Gasteiger partial charge in [0.25, 0.3) is 0 Å². The Bertz CT molecular complexity index is 1640. The van der Waals surface area contributed by atoms with Crippen molar-refractivity contribution < 1.29 is 9.84 Å². The number of hydrogen-bond donors (Lipinski definition) is 1. The number of pyridine rings is 1. The predicted molar refractivity (Wildman–Crippen MR) is 163 cm³/mol. The molecule has 5 nitrogen and oxygen atoms in total. The third-order valence-electron chi connectivity index (χ3n) is 7.11. The van der Waals surface area contributed by atoms with Crippen LogP contribution in [0.1, 0.15) is 58.4 Å². The molecule has 5 rings (SSSR count). The molecule has 0 radical (unpaired) electrons. The van der Waals surface area contributed by atoms with Crippen LogP contribution in [0.5, 0.6) is 17.4 Å². The molecule has 0 bridgehead atoms. The second-order valence-electron chi connectivity index (χ2n) is 12.3. The molecular formula is C35H37N3O2. The highest BCUT2D eigenvalue weighted by Crippen LogP contribution is 2.44. The summed E-state index contributed by atoms with van der Waals surface area (Å²) in [6.07, 6.45) is 1.71. The summed E-state index contributed by atoms with van der Waals surface area (Å²) < 4.78 is 8.19. The van der Waals surface area contributed by atoms with Gasteiger partial charge in [-0.3, -0.25) is 4.57 Å². The molecule has 0 unspecified atom stereocenters. The van der Waals surface area contributed by atoms with E-state index in [-0.39, 0.29) is 16.6 Å². The van der Waals surface area contributed by atoms with Gasteiger partial charge >= 0.3 is 0 Å². The zero-order valence-electron chi connectivity index (χ0n) is 24.4. The van der Waals surface area contributed by atoms with Crippen molar-refractivity contribution in [1.82, 2.24) is 14.5 Å². The average Bonchev–Trinajstić information content (AvgIpc) is 3.25. The summed E-state index contributed by atoms with van der Waals surface area (Å²) in [5, 5.41) is 11.7. The molecule has 0 atom stereocenters. The summed E-state index contributed by atoms with van der Waals surface area (Å²) in [5.41, 5.74) is 6.06. The van der Waals surface area contributed by atoms with Crippen molar-refractivity contribution in [2.45, 2.75) is 59.3 Å². The van der Waals surface area contributed by atoms with E-state index in [2.05, 4.69) is 82.3 Å². The van der Waals surface area contributed by atoms with Gasteiger partial charge in [0.1, 0.15) is 17.3 Å². The SMILES string of the molecule is Cc1c(-c2cc(C(C)(C)C)cc(C(C)(C)C)c2O)nc(-c2cccc(Oc3ccccn3)c2)n1-c1ccccc1. The van der Waals surface area contributed by atoms with Crippen LogP contribution in [0.3, 0.4) is 0 Å². The van der Waals surface area contributed by atoms with Gasteiger partial charge in [0, 0.05) is 40.3 Å². The molecule has 0 saturated heterocycles. The van der Waals surface area contributed by atoms with E-state index in [1.54, 1.807) is 6.20 Å². The molecule has 0 fully saturated rings. The van der Waals surface area contributed by atoms with Crippen molar-refractivity contribution in [2.24, 2.45) is 0 Å². The highest BCUT2D eigenvalue weighted by Gasteiger charge is 2.28. The van der Waals surface area contributed by atoms with Crippen molar-refractivity contribution in [2.75, 3.05) is 0 Å². The summed E-state index contributed by atoms with van der Waals surface area (Å²) in [6.45, 7) is 15.0. The lowest BCUT2D eigenvalue weighted by Gasteiger charge is -2.27. The predicted octanol–water partition coefficient (Wildman–Crippen LogP) is 9.00. The number of rotatable bonds is 5. The average molecular weight is 532 g/mol. The zero-order chi connectivity index (χ0) is 28.7. The summed E-state index contributed by atoms with van der Waals surface area (Å²) >= 11 is 0. The Kier molecular flexibility index (Phi) is 7.01. The smallest absolute Gasteiger partial charge is 0.219 e. The number of aromatic nitrogens is 3. The largest absolute Gasteiger partial charge is 0.507 e. The second kappa shape index (κ2) is 10.3. The van der Waals surface area contributed by atoms with Crippen LogP contribution in [0, 0.1) is 6.92 Å². The van der Waals surface area contributed by atoms with Crippen LogP contribution in [0.4, 0.5) is 0 Å². The van der Waals surface area contributed by atoms with Crippen molar-refractivity contribution >= 4 is 0 Å². The third kappa shape index (κ3) is 5.37. The molecular weight excluding hydrogens is 494 g/mol. The minimum atomic E-state index is -0.240. The van der Waals surface area contributed by atoms with E-state index in [1.165, 1.54) is 0 Å². The summed E-state index contributed by atoms with van der Waals surface area (Å²) in [4.78, 5) is 9.51. The second-order valence-corrected chi connectivity index (χ2v) is 12.3. The number of para-hydroxylation sites is 1. The van der Waals surface area contributed by atoms with Gasteiger partial charge in [-0.05, 0) is 59.7 Å². The van der Waals surface area contributed by atoms with Gasteiger partial charge in [0.05, 0.1) is 5.69 Å². The van der Waals surface area contributed by atoms with E-state index in [1.807, 2.05) is 60.7 Å². The molecule has 5 aromatic rings. The Morgan fingerprint density at radius 2 is 1.50 bits per heavy atom. The highest BCUT2D eigenvalue weighted by atomic mass is 16.5. The van der Waals surface area contributed by atoms with Crippen LogP contribution in [0.2, 0.25) is 0 Å². The first kappa shape index (κ1) is 27.2. The van der Waals surface area contributed by atoms with Gasteiger partial charge in [0.15, 0.2) is 0 Å². The van der Waals surface area contributed by atoms with Crippen molar-refractivity contribution in [1.29, 1.82) is 0 Å². The quantitative estimate of drug-likeness (QED) is 0.246. The van der Waals surface area contributed by atoms with Crippen molar-refractivity contribution in [3.05, 3.63) is 108 Å². The highest BCUT2D eigenvalue weighted by molar-refractivity contribution is 5.77. The molecule has 0 saturated carbocycles. The molecule has 0 aliphatic rings. The zero-order valence-corrected chi connectivity index (χ0v) is 24.4. The maximum atomic E-state index is 11.7. The minimum absolute atomic E-state index is 0.0989. The summed E-state index contributed by atoms with van der Waals surface area (Å²) in [6, 6.07) is 27.9. The fourth-order valence-electron chi connectivity index (χ4n) is 4.89. The lowest BCUT2D eigenvalue weighted by molar-refractivity contribution is 0.446. The van der Waals surface area contributed by atoms with Crippen LogP contribution in [-0.2, 0) is 10.8 Å². The maximum Gasteiger partial charge on any atom is 0.219 e. The van der Waals surface area contributed by atoms with Crippen LogP contribution < -0.4 is 4.74 Å². The van der Waals surface area contributed by atoms with Gasteiger partial charge in [-0.25, -0.2) is 9.97 Å². The first-order chi connectivity index (χ1) is 18.9. The molecule has 2 aromatic heterocycles. The molecule has 2 heterocycles. The Morgan fingerprint density at radius 1 is 0.775 bits per heavy atom. The van der Waals surface area contributed by atoms with Crippen LogP contribution in [0.25, 0.3) is 28.3 Å². The molecule has 0 amide bonds. The fraction of sp³-hybridized carbons (Fsp3) is 0.257. The number of aromatic hydroxyl groups is 1. The number of phenols is 1. The van der Waals surface area contributed by atoms with Gasteiger partial charge in [-0.15, -0.1) is 0 Å². The molecule has 3 aromatic carbocycles. The summed E-state index contributed by atoms with van der Waals surface area (Å²) in [5.74, 6) is 2.25. The first-order valence-electron chi connectivity index (χ1n) is 13.7. The lowest BCUT2D eigenvalue weighted by atomic mass is 9.78. The normalized spacial score (nSPS) is 12.0. The lowest BCUT2D eigenvalue weighted by Crippen LogP contribution is -2.17. The maximum absolute atomic E-state index is 11.7. The number of imidazole rings is 1. The number of nitrogens with zero attached hydrogens (tertiary/aromatic N) is 3. The fourth-order valence-corrected chi connectivity index (χ4v) is 4.89. The Balaban J connectivity index is 1.74. The Hall–Kier alpha value is -4.38. The molecule has 1 N–H and O–H groups in total. The summed E-state index contributed by atoms with van der Waals surface area (Å²) in [7, 11) is 0. The molecule has 0 aliphatic heterocycles. The third-order valence-corrected chi connectivity index (χ3v) is 7.11. The van der Waals surface area contributed by atoms with E-state index in [0.29, 0.717) is 11.6 Å². The van der Waals surface area contributed by atoms with E-state index >= 15 is 0 Å². The monoisotopic (exact) mass is 531 g/mol. The van der Waals surface area contributed by atoms with Crippen LogP contribution >= 0.6 is 0 Å². The van der Waals surface area contributed by atoms with E-state index in [0.717, 1.165) is 45.2 Å². The van der Waals surface area contributed by atoms with Gasteiger partial charge < -0.3 is 9.84 Å². The first-order valence-corrected chi connectivity index (χ1v) is 13.7. The minimum Gasteiger partial charge on any atom is -0.507 e. The molecule has 0 aliphatic carbocycles. The van der Waals surface area contributed by atoms with Crippen molar-refractivity contribution in [3.8, 4) is 45.7 Å². The topological polar surface area (TPSA) is 60.2 Å². The van der Waals surface area contributed by atoms with Gasteiger partial charge in [0.2, 0.25) is 5.88 Å². The Labute approximate surface area is 237 Å². The number of hydrogen-bond acceptors (Lipinski definition) is 4. The standard InChI is InChI=1S/C35H37N3O2/c1-23-31(28-21-25(34(2,3)4)22-29(32(28)39)35(5,6)7)37-33(38(23)26-15-9-8-10-16-26)24-14-13-17-27(20-24)40-30-18-11-12-19-36-30/h8-22,39H,1-7H3. The Morgan fingerprint density at radius 3 is 2.15 bits per heavy atom. The number of ether oxygens (including phenoxy) is 1. The molecule has 40 heavy (non-hydrogen) atoms. The van der Waals surface area contributed by atoms with E-state index < -0.39 is 0 Å². The van der Waals surface area contributed by atoms with Crippen LogP contribution in [-0.4, -0.2) is 19.6 Å². The van der Waals surface area contributed by atoms with E-state index in [9.17, 15) is 5.11 Å². The van der Waals surface area contributed by atoms with Gasteiger partial charge in [-0.1, -0.05) is 84.0 Å². The van der Waals surface area contributed by atoms with Gasteiger partial charge in [-0.2, -0.15) is 0 Å².